The zero-order chi connectivity index (χ0) is 20.1. The fraction of sp³-hybridized carbons (Fsp3) is 0.480. The van der Waals surface area contributed by atoms with E-state index in [1.54, 1.807) is 0 Å². The van der Waals surface area contributed by atoms with Crippen LogP contribution in [0.3, 0.4) is 0 Å². The number of piperidine rings is 1. The number of hydrogen-bond donors (Lipinski definition) is 1. The van der Waals surface area contributed by atoms with Crippen molar-refractivity contribution in [1.29, 1.82) is 0 Å². The Labute approximate surface area is 174 Å². The minimum absolute atomic E-state index is 0.119. The Hall–Kier alpha value is -2.17. The van der Waals surface area contributed by atoms with Crippen LogP contribution in [0.1, 0.15) is 43.4 Å². The van der Waals surface area contributed by atoms with E-state index in [0.717, 1.165) is 52.0 Å². The van der Waals surface area contributed by atoms with Gasteiger partial charge in [0.15, 0.2) is 0 Å². The van der Waals surface area contributed by atoms with Crippen LogP contribution < -0.4 is 5.32 Å². The quantitative estimate of drug-likeness (QED) is 0.812. The van der Waals surface area contributed by atoms with Gasteiger partial charge in [-0.25, -0.2) is 0 Å². The van der Waals surface area contributed by atoms with Gasteiger partial charge >= 0.3 is 0 Å². The van der Waals surface area contributed by atoms with Crippen molar-refractivity contribution in [3.8, 4) is 0 Å². The molecule has 0 radical (unpaired) electrons. The third-order valence-electron chi connectivity index (χ3n) is 6.52. The summed E-state index contributed by atoms with van der Waals surface area (Å²) < 4.78 is 0. The van der Waals surface area contributed by atoms with Crippen molar-refractivity contribution in [2.45, 2.75) is 44.8 Å². The van der Waals surface area contributed by atoms with Crippen molar-refractivity contribution in [1.82, 2.24) is 15.1 Å². The number of carbonyl (C=O) groups excluding carboxylic acids is 1. The smallest absolute Gasteiger partial charge is 0.224 e. The normalized spacial score (nSPS) is 24.3. The number of nitrogens with zero attached hydrogens (tertiary/aromatic N) is 2. The van der Waals surface area contributed by atoms with Crippen LogP contribution in [0.2, 0.25) is 0 Å². The molecule has 0 spiro atoms. The summed E-state index contributed by atoms with van der Waals surface area (Å²) in [4.78, 5) is 17.9. The van der Waals surface area contributed by atoms with E-state index in [0.29, 0.717) is 6.04 Å². The molecular formula is C25H33N3O. The summed E-state index contributed by atoms with van der Waals surface area (Å²) >= 11 is 0. The lowest BCUT2D eigenvalue weighted by Gasteiger charge is -2.32. The van der Waals surface area contributed by atoms with Crippen molar-refractivity contribution in [3.63, 3.8) is 0 Å². The third kappa shape index (κ3) is 5.26. The van der Waals surface area contributed by atoms with E-state index < -0.39 is 0 Å². The van der Waals surface area contributed by atoms with Crippen molar-refractivity contribution in [2.24, 2.45) is 5.92 Å². The second kappa shape index (κ2) is 9.55. The molecule has 2 saturated heterocycles. The largest absolute Gasteiger partial charge is 0.352 e. The van der Waals surface area contributed by atoms with Gasteiger partial charge < -0.3 is 5.32 Å². The SMILES string of the molecule is CC(c1ccccc1)N1CCC(NC(=O)C2CCCN(Cc3ccccc3)C2)C1. The highest BCUT2D eigenvalue weighted by Gasteiger charge is 2.31. The van der Waals surface area contributed by atoms with Crippen LogP contribution in [0.4, 0.5) is 0 Å². The van der Waals surface area contributed by atoms with Gasteiger partial charge in [-0.15, -0.1) is 0 Å². The summed E-state index contributed by atoms with van der Waals surface area (Å²) in [7, 11) is 0. The lowest BCUT2D eigenvalue weighted by molar-refractivity contribution is -0.127. The van der Waals surface area contributed by atoms with Gasteiger partial charge in [-0.1, -0.05) is 60.7 Å². The second-order valence-electron chi connectivity index (χ2n) is 8.64. The fourth-order valence-corrected chi connectivity index (χ4v) is 4.77. The molecule has 2 heterocycles. The van der Waals surface area contributed by atoms with Crippen LogP contribution >= 0.6 is 0 Å². The Morgan fingerprint density at radius 3 is 2.48 bits per heavy atom. The molecule has 4 nitrogen and oxygen atoms in total. The Bertz CT molecular complexity index is 779. The van der Waals surface area contributed by atoms with Gasteiger partial charge in [-0.2, -0.15) is 0 Å². The summed E-state index contributed by atoms with van der Waals surface area (Å²) in [6, 6.07) is 21.9. The molecule has 2 aliphatic rings. The van der Waals surface area contributed by atoms with Crippen LogP contribution in [0, 0.1) is 5.92 Å². The average Bonchev–Trinajstić information content (AvgIpc) is 3.23. The summed E-state index contributed by atoms with van der Waals surface area (Å²) in [6.07, 6.45) is 3.16. The Balaban J connectivity index is 1.27. The topological polar surface area (TPSA) is 35.6 Å². The molecule has 154 valence electrons. The van der Waals surface area contributed by atoms with Gasteiger partial charge in [0.05, 0.1) is 5.92 Å². The maximum atomic E-state index is 12.9. The minimum Gasteiger partial charge on any atom is -0.352 e. The predicted octanol–water partition coefficient (Wildman–Crippen LogP) is 3.85. The molecule has 1 N–H and O–H groups in total. The van der Waals surface area contributed by atoms with E-state index in [1.165, 1.54) is 11.1 Å². The molecule has 3 unspecified atom stereocenters. The molecule has 4 rings (SSSR count). The van der Waals surface area contributed by atoms with Gasteiger partial charge in [-0.3, -0.25) is 14.6 Å². The summed E-state index contributed by atoms with van der Waals surface area (Å²) in [6.45, 7) is 7.16. The summed E-state index contributed by atoms with van der Waals surface area (Å²) in [5, 5.41) is 3.36. The van der Waals surface area contributed by atoms with Gasteiger partial charge in [0, 0.05) is 38.3 Å². The summed E-state index contributed by atoms with van der Waals surface area (Å²) in [5.74, 6) is 0.370. The average molecular weight is 392 g/mol. The molecule has 0 saturated carbocycles. The van der Waals surface area contributed by atoms with Crippen molar-refractivity contribution < 1.29 is 4.79 Å². The molecule has 2 fully saturated rings. The molecule has 2 aliphatic heterocycles. The molecule has 2 aromatic carbocycles. The van der Waals surface area contributed by atoms with Crippen LogP contribution in [0.15, 0.2) is 60.7 Å². The van der Waals surface area contributed by atoms with E-state index >= 15 is 0 Å². The lowest BCUT2D eigenvalue weighted by Crippen LogP contribution is -2.46. The van der Waals surface area contributed by atoms with Crippen LogP contribution in [-0.4, -0.2) is 47.9 Å². The van der Waals surface area contributed by atoms with Gasteiger partial charge in [-0.05, 0) is 43.9 Å². The standard InChI is InChI=1S/C25H33N3O/c1-20(22-11-6-3-7-12-22)28-16-14-24(19-28)26-25(29)23-13-8-15-27(18-23)17-21-9-4-2-5-10-21/h2-7,9-12,20,23-24H,8,13-19H2,1H3,(H,26,29). The third-order valence-corrected chi connectivity index (χ3v) is 6.52. The molecule has 0 bridgehead atoms. The Morgan fingerprint density at radius 1 is 1.00 bits per heavy atom. The molecular weight excluding hydrogens is 358 g/mol. The van der Waals surface area contributed by atoms with E-state index in [9.17, 15) is 4.79 Å². The summed E-state index contributed by atoms with van der Waals surface area (Å²) in [5.41, 5.74) is 2.68. The first kappa shape index (κ1) is 20.1. The van der Waals surface area contributed by atoms with Crippen molar-refractivity contribution in [3.05, 3.63) is 71.8 Å². The molecule has 4 heteroatoms. The molecule has 2 aromatic rings. The lowest BCUT2D eigenvalue weighted by atomic mass is 9.96. The first-order valence-corrected chi connectivity index (χ1v) is 11.0. The zero-order valence-corrected chi connectivity index (χ0v) is 17.5. The van der Waals surface area contributed by atoms with E-state index in [1.807, 2.05) is 0 Å². The highest BCUT2D eigenvalue weighted by molar-refractivity contribution is 5.79. The highest BCUT2D eigenvalue weighted by Crippen LogP contribution is 2.25. The first-order valence-electron chi connectivity index (χ1n) is 11.0. The number of benzene rings is 2. The molecule has 3 atom stereocenters. The maximum absolute atomic E-state index is 12.9. The monoisotopic (exact) mass is 391 g/mol. The number of hydrogen-bond acceptors (Lipinski definition) is 3. The maximum Gasteiger partial charge on any atom is 0.224 e. The van der Waals surface area contributed by atoms with Crippen molar-refractivity contribution in [2.75, 3.05) is 26.2 Å². The van der Waals surface area contributed by atoms with Gasteiger partial charge in [0.1, 0.15) is 0 Å². The van der Waals surface area contributed by atoms with Gasteiger partial charge in [0.2, 0.25) is 5.91 Å². The number of nitrogens with one attached hydrogen (secondary N) is 1. The van der Waals surface area contributed by atoms with E-state index in [2.05, 4.69) is 82.7 Å². The molecule has 29 heavy (non-hydrogen) atoms. The van der Waals surface area contributed by atoms with E-state index in [-0.39, 0.29) is 17.9 Å². The zero-order valence-electron chi connectivity index (χ0n) is 17.5. The Kier molecular flexibility index (Phi) is 6.63. The fourth-order valence-electron chi connectivity index (χ4n) is 4.77. The van der Waals surface area contributed by atoms with E-state index in [4.69, 9.17) is 0 Å². The molecule has 1 amide bonds. The van der Waals surface area contributed by atoms with Crippen LogP contribution in [0.5, 0.6) is 0 Å². The predicted molar refractivity (Wildman–Crippen MR) is 117 cm³/mol. The molecule has 0 aliphatic carbocycles. The highest BCUT2D eigenvalue weighted by atomic mass is 16.2. The number of rotatable bonds is 6. The number of amides is 1. The Morgan fingerprint density at radius 2 is 1.72 bits per heavy atom. The number of likely N-dealkylation sites (tertiary alicyclic amines) is 2. The van der Waals surface area contributed by atoms with Gasteiger partial charge in [0.25, 0.3) is 0 Å². The number of carbonyl (C=O) groups is 1. The minimum atomic E-state index is 0.119. The van der Waals surface area contributed by atoms with Crippen LogP contribution in [0.25, 0.3) is 0 Å². The second-order valence-corrected chi connectivity index (χ2v) is 8.64. The van der Waals surface area contributed by atoms with Crippen molar-refractivity contribution >= 4 is 5.91 Å². The first-order chi connectivity index (χ1) is 14.2. The molecule has 0 aromatic heterocycles. The van der Waals surface area contributed by atoms with Crippen LogP contribution in [-0.2, 0) is 11.3 Å².